The Bertz CT molecular complexity index is 1160. The first kappa shape index (κ1) is 25.1. The number of anilines is 1. The van der Waals surface area contributed by atoms with Crippen LogP contribution in [0.4, 0.5) is 5.13 Å². The van der Waals surface area contributed by atoms with Gasteiger partial charge in [0.05, 0.1) is 21.8 Å². The zero-order valence-electron chi connectivity index (χ0n) is 17.9. The highest BCUT2D eigenvalue weighted by Crippen LogP contribution is 2.35. The molecule has 0 aliphatic carbocycles. The van der Waals surface area contributed by atoms with Gasteiger partial charge in [0.25, 0.3) is 5.91 Å². The van der Waals surface area contributed by atoms with Crippen molar-refractivity contribution in [1.29, 1.82) is 0 Å². The fourth-order valence-electron chi connectivity index (χ4n) is 3.00. The van der Waals surface area contributed by atoms with E-state index in [1.807, 2.05) is 44.1 Å². The third-order valence-electron chi connectivity index (χ3n) is 4.43. The van der Waals surface area contributed by atoms with Crippen LogP contribution < -0.4 is 9.64 Å². The number of para-hydroxylation sites is 1. The molecule has 0 fully saturated rings. The second-order valence-corrected chi connectivity index (χ2v) is 10.1. The van der Waals surface area contributed by atoms with E-state index >= 15 is 0 Å². The average molecular weight is 484 g/mol. The largest absolute Gasteiger partial charge is 0.492 e. The number of ether oxygens (including phenoxy) is 1. The molecule has 7 nitrogen and oxygen atoms in total. The number of hydrogen-bond donors (Lipinski definition) is 0. The van der Waals surface area contributed by atoms with Crippen molar-refractivity contribution < 1.29 is 17.9 Å². The van der Waals surface area contributed by atoms with Gasteiger partial charge in [0.2, 0.25) is 0 Å². The molecule has 0 N–H and O–H groups in total. The van der Waals surface area contributed by atoms with Crippen LogP contribution in [-0.2, 0) is 9.84 Å². The van der Waals surface area contributed by atoms with E-state index < -0.39 is 15.7 Å². The summed E-state index contributed by atoms with van der Waals surface area (Å²) in [4.78, 5) is 21.7. The van der Waals surface area contributed by atoms with Gasteiger partial charge in [-0.15, -0.1) is 12.4 Å². The molecule has 1 amide bonds. The van der Waals surface area contributed by atoms with Gasteiger partial charge in [0, 0.05) is 19.3 Å². The molecule has 31 heavy (non-hydrogen) atoms. The normalized spacial score (nSPS) is 11.4. The minimum Gasteiger partial charge on any atom is -0.492 e. The molecule has 1 aromatic heterocycles. The molecule has 2 aromatic carbocycles. The Balaban J connectivity index is 0.00000341. The molecular weight excluding hydrogens is 458 g/mol. The standard InChI is InChI=1S/C21H25N3O4S2.ClH/c1-5-28-16-10-8-11-17-19(16)22-21(29-17)24(14-13-23(2)3)20(25)15-9-6-7-12-18(15)30(4,26)27;/h6-12H,5,13-14H2,1-4H3;1H. The summed E-state index contributed by atoms with van der Waals surface area (Å²) in [6, 6.07) is 11.9. The van der Waals surface area contributed by atoms with Crippen LogP contribution in [0.15, 0.2) is 47.4 Å². The predicted molar refractivity (Wildman–Crippen MR) is 128 cm³/mol. The van der Waals surface area contributed by atoms with Gasteiger partial charge in [-0.3, -0.25) is 9.69 Å². The SMILES string of the molecule is CCOc1cccc2sc(N(CCN(C)C)C(=O)c3ccccc3S(C)(=O)=O)nc12.Cl. The Morgan fingerprint density at radius 3 is 2.45 bits per heavy atom. The van der Waals surface area contributed by atoms with Crippen LogP contribution in [0.5, 0.6) is 5.75 Å². The first-order valence-electron chi connectivity index (χ1n) is 9.50. The van der Waals surface area contributed by atoms with Gasteiger partial charge in [0.15, 0.2) is 15.0 Å². The average Bonchev–Trinajstić information content (AvgIpc) is 3.12. The number of aromatic nitrogens is 1. The smallest absolute Gasteiger partial charge is 0.261 e. The summed E-state index contributed by atoms with van der Waals surface area (Å²) in [6.45, 7) is 3.38. The Morgan fingerprint density at radius 1 is 1.10 bits per heavy atom. The van der Waals surface area contributed by atoms with Crippen molar-refractivity contribution in [2.45, 2.75) is 11.8 Å². The minimum atomic E-state index is -3.56. The lowest BCUT2D eigenvalue weighted by Crippen LogP contribution is -2.37. The van der Waals surface area contributed by atoms with Crippen molar-refractivity contribution in [1.82, 2.24) is 9.88 Å². The summed E-state index contributed by atoms with van der Waals surface area (Å²) in [5.74, 6) is 0.268. The fraction of sp³-hybridized carbons (Fsp3) is 0.333. The van der Waals surface area contributed by atoms with Crippen LogP contribution in [0, 0.1) is 0 Å². The molecule has 0 aliphatic rings. The van der Waals surface area contributed by atoms with E-state index in [9.17, 15) is 13.2 Å². The maximum absolute atomic E-state index is 13.5. The lowest BCUT2D eigenvalue weighted by atomic mass is 10.2. The van der Waals surface area contributed by atoms with Gasteiger partial charge >= 0.3 is 0 Å². The zero-order chi connectivity index (χ0) is 21.9. The molecule has 0 unspecified atom stereocenters. The van der Waals surface area contributed by atoms with Crippen molar-refractivity contribution in [2.75, 3.05) is 44.9 Å². The van der Waals surface area contributed by atoms with E-state index in [2.05, 4.69) is 4.98 Å². The number of nitrogens with zero attached hydrogens (tertiary/aromatic N) is 3. The van der Waals surface area contributed by atoms with Crippen LogP contribution in [-0.4, -0.2) is 64.3 Å². The molecule has 1 heterocycles. The summed E-state index contributed by atoms with van der Waals surface area (Å²) < 4.78 is 31.0. The number of sulfone groups is 1. The molecule has 0 bridgehead atoms. The predicted octanol–water partition coefficient (Wildman–Crippen LogP) is 3.73. The van der Waals surface area contributed by atoms with Gasteiger partial charge in [-0.05, 0) is 45.3 Å². The first-order valence-corrected chi connectivity index (χ1v) is 12.2. The molecule has 0 atom stereocenters. The molecule has 3 aromatic rings. The van der Waals surface area contributed by atoms with E-state index in [1.54, 1.807) is 23.1 Å². The van der Waals surface area contributed by atoms with Crippen LogP contribution in [0.2, 0.25) is 0 Å². The molecule has 3 rings (SSSR count). The second kappa shape index (κ2) is 10.4. The van der Waals surface area contributed by atoms with Gasteiger partial charge in [-0.1, -0.05) is 29.5 Å². The number of thiazole rings is 1. The second-order valence-electron chi connectivity index (χ2n) is 7.06. The topological polar surface area (TPSA) is 79.8 Å². The maximum atomic E-state index is 13.5. The van der Waals surface area contributed by atoms with Gasteiger partial charge < -0.3 is 9.64 Å². The lowest BCUT2D eigenvalue weighted by Gasteiger charge is -2.22. The molecule has 0 saturated heterocycles. The first-order chi connectivity index (χ1) is 14.2. The zero-order valence-corrected chi connectivity index (χ0v) is 20.3. The highest BCUT2D eigenvalue weighted by Gasteiger charge is 2.26. The molecule has 0 spiro atoms. The van der Waals surface area contributed by atoms with E-state index in [-0.39, 0.29) is 22.9 Å². The minimum absolute atomic E-state index is 0. The summed E-state index contributed by atoms with van der Waals surface area (Å²) >= 11 is 1.38. The third-order valence-corrected chi connectivity index (χ3v) is 6.63. The van der Waals surface area contributed by atoms with Crippen molar-refractivity contribution >= 4 is 54.8 Å². The van der Waals surface area contributed by atoms with Crippen LogP contribution in [0.3, 0.4) is 0 Å². The highest BCUT2D eigenvalue weighted by molar-refractivity contribution is 7.90. The Labute approximate surface area is 193 Å². The van der Waals surface area contributed by atoms with Crippen molar-refractivity contribution in [3.63, 3.8) is 0 Å². The number of fused-ring (bicyclic) bond motifs is 1. The van der Waals surface area contributed by atoms with Crippen molar-refractivity contribution in [3.05, 3.63) is 48.0 Å². The van der Waals surface area contributed by atoms with E-state index in [0.29, 0.717) is 36.1 Å². The van der Waals surface area contributed by atoms with Gasteiger partial charge in [0.1, 0.15) is 11.3 Å². The highest BCUT2D eigenvalue weighted by atomic mass is 35.5. The number of likely N-dealkylation sites (N-methyl/N-ethyl adjacent to an activating group) is 1. The number of rotatable bonds is 8. The summed E-state index contributed by atoms with van der Waals surface area (Å²) in [7, 11) is 0.272. The summed E-state index contributed by atoms with van der Waals surface area (Å²) in [5.41, 5.74) is 0.835. The fourth-order valence-corrected chi connectivity index (χ4v) is 4.88. The summed E-state index contributed by atoms with van der Waals surface area (Å²) in [6.07, 6.45) is 1.11. The van der Waals surface area contributed by atoms with E-state index in [4.69, 9.17) is 4.74 Å². The van der Waals surface area contributed by atoms with E-state index in [1.165, 1.54) is 17.4 Å². The maximum Gasteiger partial charge on any atom is 0.261 e. The van der Waals surface area contributed by atoms with E-state index in [0.717, 1.165) is 11.0 Å². The Morgan fingerprint density at radius 2 is 1.81 bits per heavy atom. The summed E-state index contributed by atoms with van der Waals surface area (Å²) in [5, 5.41) is 0.507. The molecule has 0 aliphatic heterocycles. The van der Waals surface area contributed by atoms with Crippen LogP contribution >= 0.6 is 23.7 Å². The number of carbonyl (C=O) groups is 1. The van der Waals surface area contributed by atoms with Gasteiger partial charge in [-0.2, -0.15) is 0 Å². The Hall–Kier alpha value is -2.20. The number of hydrogen-bond acceptors (Lipinski definition) is 7. The number of carbonyl (C=O) groups excluding carboxylic acids is 1. The quantitative estimate of drug-likeness (QED) is 0.485. The monoisotopic (exact) mass is 483 g/mol. The Kier molecular flexibility index (Phi) is 8.41. The molecule has 168 valence electrons. The third kappa shape index (κ3) is 5.74. The van der Waals surface area contributed by atoms with Crippen molar-refractivity contribution in [2.24, 2.45) is 0 Å². The number of halogens is 1. The van der Waals surface area contributed by atoms with Crippen LogP contribution in [0.25, 0.3) is 10.2 Å². The molecular formula is C21H26ClN3O4S2. The molecule has 0 radical (unpaired) electrons. The van der Waals surface area contributed by atoms with Crippen LogP contribution in [0.1, 0.15) is 17.3 Å². The van der Waals surface area contributed by atoms with Crippen molar-refractivity contribution in [3.8, 4) is 5.75 Å². The molecule has 10 heteroatoms. The number of amides is 1. The van der Waals surface area contributed by atoms with Gasteiger partial charge in [-0.25, -0.2) is 13.4 Å². The lowest BCUT2D eigenvalue weighted by molar-refractivity contribution is 0.0982. The molecule has 0 saturated carbocycles. The number of benzene rings is 2.